The lowest BCUT2D eigenvalue weighted by atomic mass is 10.1. The molecule has 2 aliphatic rings. The van der Waals surface area contributed by atoms with Crippen LogP contribution < -0.4 is 9.47 Å². The molecule has 0 radical (unpaired) electrons. The fourth-order valence-electron chi connectivity index (χ4n) is 3.64. The predicted molar refractivity (Wildman–Crippen MR) is 121 cm³/mol. The van der Waals surface area contributed by atoms with Gasteiger partial charge < -0.3 is 14.4 Å². The summed E-state index contributed by atoms with van der Waals surface area (Å²) in [5.41, 5.74) is 2.13. The molecule has 6 nitrogen and oxygen atoms in total. The van der Waals surface area contributed by atoms with E-state index in [9.17, 15) is 4.79 Å². The molecule has 1 fully saturated rings. The molecule has 0 atom stereocenters. The van der Waals surface area contributed by atoms with E-state index in [1.54, 1.807) is 14.2 Å². The molecule has 156 valence electrons. The molecule has 30 heavy (non-hydrogen) atoms. The molecule has 1 amide bonds. The highest BCUT2D eigenvalue weighted by Gasteiger charge is 2.28. The van der Waals surface area contributed by atoms with E-state index in [-0.39, 0.29) is 5.91 Å². The number of methoxy groups -OCH3 is 2. The zero-order chi connectivity index (χ0) is 20.9. The molecule has 1 saturated heterocycles. The maximum atomic E-state index is 12.5. The van der Waals surface area contributed by atoms with Gasteiger partial charge >= 0.3 is 0 Å². The third kappa shape index (κ3) is 4.52. The van der Waals surface area contributed by atoms with Gasteiger partial charge in [-0.15, -0.1) is 0 Å². The predicted octanol–water partition coefficient (Wildman–Crippen LogP) is 3.49. The summed E-state index contributed by atoms with van der Waals surface area (Å²) in [7, 11) is 3.20. The van der Waals surface area contributed by atoms with E-state index < -0.39 is 0 Å². The third-order valence-electron chi connectivity index (χ3n) is 5.22. The number of nitrogens with zero attached hydrogens (tertiary/aromatic N) is 3. The van der Waals surface area contributed by atoms with Crippen LogP contribution in [0, 0.1) is 0 Å². The first-order chi connectivity index (χ1) is 14.7. The Morgan fingerprint density at radius 1 is 1.00 bits per heavy atom. The van der Waals surface area contributed by atoms with Crippen LogP contribution in [0.3, 0.4) is 0 Å². The molecule has 0 spiro atoms. The van der Waals surface area contributed by atoms with Crippen LogP contribution in [-0.4, -0.2) is 61.3 Å². The van der Waals surface area contributed by atoms with Crippen LogP contribution in [0.25, 0.3) is 6.08 Å². The van der Waals surface area contributed by atoms with Crippen LogP contribution in [-0.2, 0) is 11.3 Å². The SMILES string of the molecule is COc1cccc(/C=C2/SC(N3CCN(Cc4ccccc4)CC3)=NC2=O)c1OC. The van der Waals surface area contributed by atoms with Gasteiger partial charge in [0.25, 0.3) is 5.91 Å². The minimum Gasteiger partial charge on any atom is -0.493 e. The quantitative estimate of drug-likeness (QED) is 0.687. The van der Waals surface area contributed by atoms with Crippen LogP contribution >= 0.6 is 11.8 Å². The van der Waals surface area contributed by atoms with Crippen molar-refractivity contribution < 1.29 is 14.3 Å². The molecule has 0 N–H and O–H groups in total. The van der Waals surface area contributed by atoms with Crippen molar-refractivity contribution in [1.29, 1.82) is 0 Å². The molecule has 2 aliphatic heterocycles. The largest absolute Gasteiger partial charge is 0.493 e. The highest BCUT2D eigenvalue weighted by molar-refractivity contribution is 8.18. The number of benzene rings is 2. The fourth-order valence-corrected chi connectivity index (χ4v) is 4.59. The number of rotatable bonds is 5. The van der Waals surface area contributed by atoms with Gasteiger partial charge in [-0.1, -0.05) is 42.5 Å². The summed E-state index contributed by atoms with van der Waals surface area (Å²) in [5, 5.41) is 0.785. The molecule has 0 unspecified atom stereocenters. The van der Waals surface area contributed by atoms with Crippen LogP contribution in [0.1, 0.15) is 11.1 Å². The maximum absolute atomic E-state index is 12.5. The summed E-state index contributed by atoms with van der Waals surface area (Å²) in [5.74, 6) is 1.05. The van der Waals surface area contributed by atoms with Gasteiger partial charge in [-0.2, -0.15) is 4.99 Å². The van der Waals surface area contributed by atoms with Gasteiger partial charge in [0.1, 0.15) is 0 Å². The lowest BCUT2D eigenvalue weighted by Crippen LogP contribution is -2.47. The van der Waals surface area contributed by atoms with Gasteiger partial charge in [0.15, 0.2) is 16.7 Å². The number of aliphatic imine (C=N–C) groups is 1. The van der Waals surface area contributed by atoms with Crippen molar-refractivity contribution in [3.63, 3.8) is 0 Å². The molecular weight excluding hydrogens is 398 g/mol. The van der Waals surface area contributed by atoms with Gasteiger partial charge in [0, 0.05) is 38.3 Å². The normalized spacial score (nSPS) is 18.6. The molecule has 0 bridgehead atoms. The first kappa shape index (κ1) is 20.5. The topological polar surface area (TPSA) is 54.4 Å². The Morgan fingerprint density at radius 3 is 2.47 bits per heavy atom. The number of hydrogen-bond donors (Lipinski definition) is 0. The summed E-state index contributed by atoms with van der Waals surface area (Å²) < 4.78 is 10.8. The minimum absolute atomic E-state index is 0.202. The average molecular weight is 424 g/mol. The highest BCUT2D eigenvalue weighted by atomic mass is 32.2. The Morgan fingerprint density at radius 2 is 1.77 bits per heavy atom. The number of thioether (sulfide) groups is 1. The number of carbonyl (C=O) groups excluding carboxylic acids is 1. The van der Waals surface area contributed by atoms with Crippen molar-refractivity contribution >= 4 is 28.9 Å². The molecule has 2 heterocycles. The molecule has 2 aromatic rings. The maximum Gasteiger partial charge on any atom is 0.286 e. The molecule has 4 rings (SSSR count). The van der Waals surface area contributed by atoms with Crippen LogP contribution in [0.15, 0.2) is 58.4 Å². The number of piperazine rings is 1. The van der Waals surface area contributed by atoms with Crippen LogP contribution in [0.2, 0.25) is 0 Å². The van der Waals surface area contributed by atoms with E-state index in [0.717, 1.165) is 43.5 Å². The number of amides is 1. The van der Waals surface area contributed by atoms with E-state index in [2.05, 4.69) is 39.1 Å². The number of ether oxygens (including phenoxy) is 2. The molecule has 0 aromatic heterocycles. The van der Waals surface area contributed by atoms with Gasteiger partial charge in [0.05, 0.1) is 19.1 Å². The van der Waals surface area contributed by atoms with E-state index in [1.807, 2.05) is 30.3 Å². The lowest BCUT2D eigenvalue weighted by Gasteiger charge is -2.35. The minimum atomic E-state index is -0.202. The summed E-state index contributed by atoms with van der Waals surface area (Å²) in [4.78, 5) is 22.0. The Balaban J connectivity index is 1.40. The Labute approximate surface area is 181 Å². The average Bonchev–Trinajstić information content (AvgIpc) is 3.15. The Kier molecular flexibility index (Phi) is 6.40. The zero-order valence-corrected chi connectivity index (χ0v) is 18.0. The molecule has 0 aliphatic carbocycles. The second-order valence-corrected chi connectivity index (χ2v) is 8.15. The van der Waals surface area contributed by atoms with E-state index in [1.165, 1.54) is 17.3 Å². The van der Waals surface area contributed by atoms with Gasteiger partial charge in [-0.25, -0.2) is 0 Å². The summed E-state index contributed by atoms with van der Waals surface area (Å²) in [6.45, 7) is 4.58. The number of amidine groups is 1. The summed E-state index contributed by atoms with van der Waals surface area (Å²) >= 11 is 1.43. The van der Waals surface area contributed by atoms with Crippen molar-refractivity contribution in [2.45, 2.75) is 6.54 Å². The van der Waals surface area contributed by atoms with Crippen molar-refractivity contribution in [3.05, 3.63) is 64.6 Å². The number of hydrogen-bond acceptors (Lipinski definition) is 6. The van der Waals surface area contributed by atoms with Crippen molar-refractivity contribution in [1.82, 2.24) is 9.80 Å². The van der Waals surface area contributed by atoms with Crippen molar-refractivity contribution in [3.8, 4) is 11.5 Å². The Bertz CT molecular complexity index is 967. The van der Waals surface area contributed by atoms with Gasteiger partial charge in [0.2, 0.25) is 0 Å². The van der Waals surface area contributed by atoms with Crippen molar-refractivity contribution in [2.75, 3.05) is 40.4 Å². The molecule has 2 aromatic carbocycles. The van der Waals surface area contributed by atoms with Gasteiger partial charge in [-0.05, 0) is 29.5 Å². The fraction of sp³-hybridized carbons (Fsp3) is 0.304. The Hall–Kier alpha value is -2.77. The molecular formula is C23H25N3O3S. The van der Waals surface area contributed by atoms with Crippen LogP contribution in [0.5, 0.6) is 11.5 Å². The first-order valence-corrected chi connectivity index (χ1v) is 10.7. The zero-order valence-electron chi connectivity index (χ0n) is 17.2. The summed E-state index contributed by atoms with van der Waals surface area (Å²) in [6, 6.07) is 16.1. The third-order valence-corrected chi connectivity index (χ3v) is 6.27. The number of para-hydroxylation sites is 1. The monoisotopic (exact) mass is 423 g/mol. The second kappa shape index (κ2) is 9.36. The van der Waals surface area contributed by atoms with Crippen molar-refractivity contribution in [2.24, 2.45) is 4.99 Å². The first-order valence-electron chi connectivity index (χ1n) is 9.92. The van der Waals surface area contributed by atoms with E-state index in [0.29, 0.717) is 16.4 Å². The summed E-state index contributed by atoms with van der Waals surface area (Å²) in [6.07, 6.45) is 1.83. The molecule has 0 saturated carbocycles. The lowest BCUT2D eigenvalue weighted by molar-refractivity contribution is -0.113. The van der Waals surface area contributed by atoms with E-state index >= 15 is 0 Å². The number of carbonyl (C=O) groups is 1. The van der Waals surface area contributed by atoms with E-state index in [4.69, 9.17) is 9.47 Å². The standard InChI is InChI=1S/C23H25N3O3S/c1-28-19-10-6-9-18(21(19)29-2)15-20-22(27)24-23(30-20)26-13-11-25(12-14-26)16-17-7-4-3-5-8-17/h3-10,15H,11-14,16H2,1-2H3/b20-15+. The highest BCUT2D eigenvalue weighted by Crippen LogP contribution is 2.36. The van der Waals surface area contributed by atoms with Gasteiger partial charge in [-0.3, -0.25) is 9.69 Å². The second-order valence-electron chi connectivity index (χ2n) is 7.14. The molecule has 7 heteroatoms. The van der Waals surface area contributed by atoms with Crippen LogP contribution in [0.4, 0.5) is 0 Å². The smallest absolute Gasteiger partial charge is 0.286 e.